The van der Waals surface area contributed by atoms with E-state index in [0.29, 0.717) is 5.92 Å². The predicted octanol–water partition coefficient (Wildman–Crippen LogP) is -0.498. The standard InChI is InChI=1S/C9H20N2O3S/c1-8-6-11(2)7-9(8)10-15(12,13)5-4-14-3/h8-10H,4-7H2,1-3H3/t8-,9-/m0/s1. The molecule has 1 heterocycles. The summed E-state index contributed by atoms with van der Waals surface area (Å²) in [5.74, 6) is 0.406. The molecule has 0 aromatic carbocycles. The molecule has 1 fully saturated rings. The van der Waals surface area contributed by atoms with Crippen molar-refractivity contribution in [2.24, 2.45) is 5.92 Å². The van der Waals surface area contributed by atoms with E-state index in [-0.39, 0.29) is 18.4 Å². The number of rotatable bonds is 5. The molecule has 1 rings (SSSR count). The minimum Gasteiger partial charge on any atom is -0.384 e. The highest BCUT2D eigenvalue weighted by atomic mass is 32.2. The summed E-state index contributed by atoms with van der Waals surface area (Å²) in [6.07, 6.45) is 0. The molecule has 15 heavy (non-hydrogen) atoms. The van der Waals surface area contributed by atoms with E-state index in [0.717, 1.165) is 13.1 Å². The van der Waals surface area contributed by atoms with E-state index in [4.69, 9.17) is 4.74 Å². The zero-order chi connectivity index (χ0) is 11.5. The fourth-order valence-electron chi connectivity index (χ4n) is 1.85. The minimum absolute atomic E-state index is 0.0381. The van der Waals surface area contributed by atoms with Crippen molar-refractivity contribution in [3.8, 4) is 0 Å². The van der Waals surface area contributed by atoms with Gasteiger partial charge in [0.1, 0.15) is 0 Å². The van der Waals surface area contributed by atoms with E-state index < -0.39 is 10.0 Å². The Morgan fingerprint density at radius 3 is 2.60 bits per heavy atom. The van der Waals surface area contributed by atoms with Gasteiger partial charge in [-0.15, -0.1) is 0 Å². The molecule has 0 aromatic rings. The lowest BCUT2D eigenvalue weighted by atomic mass is 10.1. The van der Waals surface area contributed by atoms with Crippen LogP contribution in [0.5, 0.6) is 0 Å². The van der Waals surface area contributed by atoms with Gasteiger partial charge in [0.25, 0.3) is 0 Å². The van der Waals surface area contributed by atoms with Crippen molar-refractivity contribution in [2.75, 3.05) is 39.6 Å². The average molecular weight is 236 g/mol. The van der Waals surface area contributed by atoms with Crippen molar-refractivity contribution in [2.45, 2.75) is 13.0 Å². The van der Waals surface area contributed by atoms with Gasteiger partial charge in [-0.3, -0.25) is 0 Å². The molecule has 90 valence electrons. The van der Waals surface area contributed by atoms with Crippen molar-refractivity contribution < 1.29 is 13.2 Å². The second-order valence-corrected chi connectivity index (χ2v) is 6.11. The van der Waals surface area contributed by atoms with E-state index in [1.807, 2.05) is 7.05 Å². The van der Waals surface area contributed by atoms with Crippen molar-refractivity contribution >= 4 is 10.0 Å². The Hall–Kier alpha value is -0.170. The summed E-state index contributed by atoms with van der Waals surface area (Å²) < 4.78 is 30.7. The van der Waals surface area contributed by atoms with Crippen molar-refractivity contribution in [3.05, 3.63) is 0 Å². The first kappa shape index (κ1) is 12.9. The van der Waals surface area contributed by atoms with Crippen LogP contribution in [0.3, 0.4) is 0 Å². The highest BCUT2D eigenvalue weighted by Crippen LogP contribution is 2.15. The number of likely N-dealkylation sites (tertiary alicyclic amines) is 1. The lowest BCUT2D eigenvalue weighted by molar-refractivity contribution is 0.216. The van der Waals surface area contributed by atoms with Crippen LogP contribution in [-0.2, 0) is 14.8 Å². The summed E-state index contributed by atoms with van der Waals surface area (Å²) >= 11 is 0. The number of hydrogen-bond acceptors (Lipinski definition) is 4. The van der Waals surface area contributed by atoms with Crippen LogP contribution >= 0.6 is 0 Å². The molecule has 0 saturated carbocycles. The van der Waals surface area contributed by atoms with Crippen LogP contribution in [0.15, 0.2) is 0 Å². The van der Waals surface area contributed by atoms with Gasteiger partial charge >= 0.3 is 0 Å². The van der Waals surface area contributed by atoms with Gasteiger partial charge in [-0.25, -0.2) is 13.1 Å². The van der Waals surface area contributed by atoms with E-state index in [9.17, 15) is 8.42 Å². The maximum Gasteiger partial charge on any atom is 0.214 e. The Kier molecular flexibility index (Phi) is 4.51. The SMILES string of the molecule is COCCS(=O)(=O)N[C@H]1CN(C)C[C@@H]1C. The monoisotopic (exact) mass is 236 g/mol. The van der Waals surface area contributed by atoms with Crippen LogP contribution in [0, 0.1) is 5.92 Å². The molecule has 1 aliphatic rings. The van der Waals surface area contributed by atoms with Gasteiger partial charge in [0.05, 0.1) is 12.4 Å². The number of hydrogen-bond donors (Lipinski definition) is 1. The van der Waals surface area contributed by atoms with E-state index in [1.54, 1.807) is 0 Å². The van der Waals surface area contributed by atoms with E-state index in [1.165, 1.54) is 7.11 Å². The highest BCUT2D eigenvalue weighted by molar-refractivity contribution is 7.89. The summed E-state index contributed by atoms with van der Waals surface area (Å²) in [5.41, 5.74) is 0. The van der Waals surface area contributed by atoms with Crippen LogP contribution in [0.4, 0.5) is 0 Å². The summed E-state index contributed by atoms with van der Waals surface area (Å²) in [6.45, 7) is 4.03. The molecule has 0 bridgehead atoms. The topological polar surface area (TPSA) is 58.6 Å². The molecule has 0 spiro atoms. The molecule has 0 amide bonds. The summed E-state index contributed by atoms with van der Waals surface area (Å²) in [4.78, 5) is 2.13. The third kappa shape index (κ3) is 4.06. The second-order valence-electron chi connectivity index (χ2n) is 4.23. The van der Waals surface area contributed by atoms with Crippen LogP contribution in [0.2, 0.25) is 0 Å². The maximum absolute atomic E-state index is 11.6. The number of likely N-dealkylation sites (N-methyl/N-ethyl adjacent to an activating group) is 1. The number of nitrogens with zero attached hydrogens (tertiary/aromatic N) is 1. The summed E-state index contributed by atoms with van der Waals surface area (Å²) in [6, 6.07) is 0.0388. The second kappa shape index (κ2) is 5.25. The Bertz CT molecular complexity index is 292. The summed E-state index contributed by atoms with van der Waals surface area (Å²) in [7, 11) is 0.316. The van der Waals surface area contributed by atoms with Gasteiger partial charge in [-0.05, 0) is 13.0 Å². The largest absolute Gasteiger partial charge is 0.384 e. The predicted molar refractivity (Wildman–Crippen MR) is 59.2 cm³/mol. The molecule has 6 heteroatoms. The van der Waals surface area contributed by atoms with Gasteiger partial charge in [-0.2, -0.15) is 0 Å². The van der Waals surface area contributed by atoms with Gasteiger partial charge < -0.3 is 9.64 Å². The number of ether oxygens (including phenoxy) is 1. The number of nitrogens with one attached hydrogen (secondary N) is 1. The maximum atomic E-state index is 11.6. The molecule has 5 nitrogen and oxygen atoms in total. The third-order valence-corrected chi connectivity index (χ3v) is 4.05. The molecule has 1 saturated heterocycles. The molecule has 0 aromatic heterocycles. The number of sulfonamides is 1. The normalized spacial score (nSPS) is 28.5. The quantitative estimate of drug-likeness (QED) is 0.699. The summed E-state index contributed by atoms with van der Waals surface area (Å²) in [5, 5.41) is 0. The fraction of sp³-hybridized carbons (Fsp3) is 1.00. The Morgan fingerprint density at radius 2 is 2.13 bits per heavy atom. The Morgan fingerprint density at radius 1 is 1.47 bits per heavy atom. The molecule has 1 aliphatic heterocycles. The smallest absolute Gasteiger partial charge is 0.214 e. The molecular formula is C9H20N2O3S. The van der Waals surface area contributed by atoms with Crippen LogP contribution in [0.25, 0.3) is 0 Å². The van der Waals surface area contributed by atoms with Crippen molar-refractivity contribution in [1.29, 1.82) is 0 Å². The van der Waals surface area contributed by atoms with Gasteiger partial charge in [-0.1, -0.05) is 6.92 Å². The molecule has 0 radical (unpaired) electrons. The van der Waals surface area contributed by atoms with Crippen molar-refractivity contribution in [1.82, 2.24) is 9.62 Å². The van der Waals surface area contributed by atoms with E-state index >= 15 is 0 Å². The van der Waals surface area contributed by atoms with Gasteiger partial charge in [0, 0.05) is 26.2 Å². The Labute approximate surface area is 91.8 Å². The van der Waals surface area contributed by atoms with E-state index in [2.05, 4.69) is 16.5 Å². The molecule has 0 unspecified atom stereocenters. The zero-order valence-corrected chi connectivity index (χ0v) is 10.4. The van der Waals surface area contributed by atoms with Crippen LogP contribution in [0.1, 0.15) is 6.92 Å². The molecule has 2 atom stereocenters. The van der Waals surface area contributed by atoms with Gasteiger partial charge in [0.15, 0.2) is 0 Å². The van der Waals surface area contributed by atoms with Gasteiger partial charge in [0.2, 0.25) is 10.0 Å². The number of methoxy groups -OCH3 is 1. The van der Waals surface area contributed by atoms with Crippen LogP contribution in [-0.4, -0.2) is 59.0 Å². The molecule has 0 aliphatic carbocycles. The lowest BCUT2D eigenvalue weighted by Gasteiger charge is -2.16. The molecular weight excluding hydrogens is 216 g/mol. The third-order valence-electron chi connectivity index (χ3n) is 2.68. The first-order chi connectivity index (χ1) is 6.94. The highest BCUT2D eigenvalue weighted by Gasteiger charge is 2.30. The van der Waals surface area contributed by atoms with Crippen molar-refractivity contribution in [3.63, 3.8) is 0 Å². The first-order valence-corrected chi connectivity index (χ1v) is 6.77. The Balaban J connectivity index is 2.47. The fourth-order valence-corrected chi connectivity index (χ4v) is 3.12. The lowest BCUT2D eigenvalue weighted by Crippen LogP contribution is -2.41. The minimum atomic E-state index is -3.19. The van der Waals surface area contributed by atoms with Crippen LogP contribution < -0.4 is 4.72 Å². The molecule has 1 N–H and O–H groups in total. The average Bonchev–Trinajstić information content (AvgIpc) is 2.41. The zero-order valence-electron chi connectivity index (χ0n) is 9.56. The first-order valence-electron chi connectivity index (χ1n) is 5.12.